The Morgan fingerprint density at radius 3 is 2.55 bits per heavy atom. The van der Waals surface area contributed by atoms with Crippen LogP contribution in [0.3, 0.4) is 0 Å². The molecule has 1 fully saturated rings. The van der Waals surface area contributed by atoms with Gasteiger partial charge < -0.3 is 9.80 Å². The number of amides is 1. The summed E-state index contributed by atoms with van der Waals surface area (Å²) in [5.41, 5.74) is 0.405. The molecule has 0 atom stereocenters. The molecule has 4 rings (SSSR count). The summed E-state index contributed by atoms with van der Waals surface area (Å²) in [5.74, 6) is 1.97. The molecular formula is C21H21FN6O. The number of aromatic nitrogens is 4. The zero-order chi connectivity index (χ0) is 20.2. The molecule has 0 radical (unpaired) electrons. The maximum Gasteiger partial charge on any atom is 0.246 e. The first-order chi connectivity index (χ1) is 14.1. The standard InChI is InChI=1S/C21H21FN6O/c1-16-23-8-9-28(16)20-14-19(24-15-25-20)26-10-12-27(13-11-26)21(29)7-6-17-4-2-3-5-18(17)22/h2-9,14-15H,10-13H2,1H3/b7-6+. The lowest BCUT2D eigenvalue weighted by Crippen LogP contribution is -2.48. The molecule has 148 valence electrons. The van der Waals surface area contributed by atoms with Crippen LogP contribution in [0.15, 0.2) is 55.1 Å². The lowest BCUT2D eigenvalue weighted by molar-refractivity contribution is -0.126. The number of piperazine rings is 1. The van der Waals surface area contributed by atoms with Crippen LogP contribution in [0.25, 0.3) is 11.9 Å². The third-order valence-corrected chi connectivity index (χ3v) is 4.94. The zero-order valence-electron chi connectivity index (χ0n) is 16.1. The number of carbonyl (C=O) groups excluding carboxylic acids is 1. The third kappa shape index (κ3) is 4.16. The molecule has 3 aromatic rings. The molecule has 29 heavy (non-hydrogen) atoms. The number of hydrogen-bond acceptors (Lipinski definition) is 5. The fourth-order valence-electron chi connectivity index (χ4n) is 3.29. The van der Waals surface area contributed by atoms with Crippen molar-refractivity contribution in [3.63, 3.8) is 0 Å². The van der Waals surface area contributed by atoms with E-state index in [0.717, 1.165) is 17.5 Å². The normalized spacial score (nSPS) is 14.6. The molecule has 8 heteroatoms. The Balaban J connectivity index is 1.39. The van der Waals surface area contributed by atoms with Gasteiger partial charge in [0.05, 0.1) is 0 Å². The molecule has 1 aromatic carbocycles. The monoisotopic (exact) mass is 392 g/mol. The van der Waals surface area contributed by atoms with E-state index in [1.54, 1.807) is 35.6 Å². The Morgan fingerprint density at radius 2 is 1.83 bits per heavy atom. The summed E-state index contributed by atoms with van der Waals surface area (Å²) in [6.07, 6.45) is 8.09. The van der Waals surface area contributed by atoms with Gasteiger partial charge in [0.1, 0.15) is 29.6 Å². The first-order valence-corrected chi connectivity index (χ1v) is 9.40. The van der Waals surface area contributed by atoms with Gasteiger partial charge in [-0.15, -0.1) is 0 Å². The Hall–Kier alpha value is -3.55. The van der Waals surface area contributed by atoms with Gasteiger partial charge in [-0.05, 0) is 19.1 Å². The average Bonchev–Trinajstić information content (AvgIpc) is 3.19. The maximum atomic E-state index is 13.7. The fraction of sp³-hybridized carbons (Fsp3) is 0.238. The summed E-state index contributed by atoms with van der Waals surface area (Å²) in [5, 5.41) is 0. The van der Waals surface area contributed by atoms with E-state index in [2.05, 4.69) is 19.9 Å². The molecule has 2 aromatic heterocycles. The van der Waals surface area contributed by atoms with Crippen molar-refractivity contribution in [3.8, 4) is 5.82 Å². The Labute approximate surface area is 168 Å². The van der Waals surface area contributed by atoms with Crippen molar-refractivity contribution in [2.75, 3.05) is 31.1 Å². The summed E-state index contributed by atoms with van der Waals surface area (Å²) in [6.45, 7) is 4.39. The number of carbonyl (C=O) groups is 1. The topological polar surface area (TPSA) is 67.2 Å². The molecule has 0 aliphatic carbocycles. The highest BCUT2D eigenvalue weighted by Gasteiger charge is 2.21. The van der Waals surface area contributed by atoms with Crippen molar-refractivity contribution >= 4 is 17.8 Å². The molecule has 0 saturated carbocycles. The Bertz CT molecular complexity index is 1040. The van der Waals surface area contributed by atoms with E-state index in [0.29, 0.717) is 31.7 Å². The largest absolute Gasteiger partial charge is 0.353 e. The third-order valence-electron chi connectivity index (χ3n) is 4.94. The molecule has 1 amide bonds. The molecule has 1 aliphatic heterocycles. The van der Waals surface area contributed by atoms with Crippen molar-refractivity contribution in [3.05, 3.63) is 72.3 Å². The van der Waals surface area contributed by atoms with Crippen LogP contribution in [0.1, 0.15) is 11.4 Å². The lowest BCUT2D eigenvalue weighted by Gasteiger charge is -2.35. The number of halogens is 1. The minimum Gasteiger partial charge on any atom is -0.353 e. The van der Waals surface area contributed by atoms with E-state index < -0.39 is 0 Å². The van der Waals surface area contributed by atoms with Gasteiger partial charge in [-0.25, -0.2) is 19.3 Å². The average molecular weight is 392 g/mol. The van der Waals surface area contributed by atoms with Crippen LogP contribution in [0.4, 0.5) is 10.2 Å². The fourth-order valence-corrected chi connectivity index (χ4v) is 3.29. The Kier molecular flexibility index (Phi) is 5.33. The molecule has 1 saturated heterocycles. The van der Waals surface area contributed by atoms with Gasteiger partial charge in [0, 0.05) is 56.3 Å². The number of benzene rings is 1. The van der Waals surface area contributed by atoms with Crippen molar-refractivity contribution in [2.24, 2.45) is 0 Å². The van der Waals surface area contributed by atoms with Gasteiger partial charge >= 0.3 is 0 Å². The van der Waals surface area contributed by atoms with Gasteiger partial charge in [0.25, 0.3) is 0 Å². The van der Waals surface area contributed by atoms with E-state index in [1.165, 1.54) is 18.2 Å². The van der Waals surface area contributed by atoms with Crippen LogP contribution in [-0.2, 0) is 4.79 Å². The molecular weight excluding hydrogens is 371 g/mol. The minimum absolute atomic E-state index is 0.120. The molecule has 0 unspecified atom stereocenters. The second-order valence-corrected chi connectivity index (χ2v) is 6.75. The predicted molar refractivity (Wildman–Crippen MR) is 108 cm³/mol. The Morgan fingerprint density at radius 1 is 1.07 bits per heavy atom. The van der Waals surface area contributed by atoms with E-state index in [4.69, 9.17) is 0 Å². The first-order valence-electron chi connectivity index (χ1n) is 9.40. The maximum absolute atomic E-state index is 13.7. The van der Waals surface area contributed by atoms with Crippen LogP contribution < -0.4 is 4.90 Å². The van der Waals surface area contributed by atoms with Crippen molar-refractivity contribution in [1.82, 2.24) is 24.4 Å². The number of anilines is 1. The van der Waals surface area contributed by atoms with Crippen molar-refractivity contribution in [2.45, 2.75) is 6.92 Å². The van der Waals surface area contributed by atoms with E-state index in [1.807, 2.05) is 23.8 Å². The second-order valence-electron chi connectivity index (χ2n) is 6.75. The lowest BCUT2D eigenvalue weighted by atomic mass is 10.2. The van der Waals surface area contributed by atoms with E-state index in [-0.39, 0.29) is 11.7 Å². The van der Waals surface area contributed by atoms with Gasteiger partial charge in [0.2, 0.25) is 5.91 Å². The molecule has 0 bridgehead atoms. The quantitative estimate of drug-likeness (QED) is 0.638. The SMILES string of the molecule is Cc1nccn1-c1cc(N2CCN(C(=O)/C=C/c3ccccc3F)CC2)ncn1. The number of rotatable bonds is 4. The van der Waals surface area contributed by atoms with E-state index >= 15 is 0 Å². The van der Waals surface area contributed by atoms with Crippen LogP contribution in [-0.4, -0.2) is 56.5 Å². The highest BCUT2D eigenvalue weighted by atomic mass is 19.1. The predicted octanol–water partition coefficient (Wildman–Crippen LogP) is 2.47. The van der Waals surface area contributed by atoms with Crippen LogP contribution in [0, 0.1) is 12.7 Å². The molecule has 7 nitrogen and oxygen atoms in total. The summed E-state index contributed by atoms with van der Waals surface area (Å²) in [4.78, 5) is 29.2. The minimum atomic E-state index is -0.339. The number of aryl methyl sites for hydroxylation is 1. The number of hydrogen-bond donors (Lipinski definition) is 0. The molecule has 1 aliphatic rings. The number of nitrogens with zero attached hydrogens (tertiary/aromatic N) is 6. The molecule has 0 spiro atoms. The zero-order valence-corrected chi connectivity index (χ0v) is 16.1. The second kappa shape index (κ2) is 8.22. The van der Waals surface area contributed by atoms with Crippen LogP contribution in [0.2, 0.25) is 0 Å². The molecule has 3 heterocycles. The van der Waals surface area contributed by atoms with Gasteiger partial charge in [-0.2, -0.15) is 0 Å². The summed E-state index contributed by atoms with van der Waals surface area (Å²) >= 11 is 0. The highest BCUT2D eigenvalue weighted by molar-refractivity contribution is 5.92. The smallest absolute Gasteiger partial charge is 0.246 e. The van der Waals surface area contributed by atoms with Crippen LogP contribution >= 0.6 is 0 Å². The van der Waals surface area contributed by atoms with Gasteiger partial charge in [0.15, 0.2) is 0 Å². The highest BCUT2D eigenvalue weighted by Crippen LogP contribution is 2.17. The molecule has 0 N–H and O–H groups in total. The first kappa shape index (κ1) is 18.8. The van der Waals surface area contributed by atoms with Gasteiger partial charge in [-0.3, -0.25) is 9.36 Å². The number of imidazole rings is 1. The summed E-state index contributed by atoms with van der Waals surface area (Å²) in [6, 6.07) is 8.31. The van der Waals surface area contributed by atoms with Crippen LogP contribution in [0.5, 0.6) is 0 Å². The summed E-state index contributed by atoms with van der Waals surface area (Å²) in [7, 11) is 0. The van der Waals surface area contributed by atoms with Gasteiger partial charge in [-0.1, -0.05) is 18.2 Å². The van der Waals surface area contributed by atoms with Crippen molar-refractivity contribution < 1.29 is 9.18 Å². The van der Waals surface area contributed by atoms with E-state index in [9.17, 15) is 9.18 Å². The summed E-state index contributed by atoms with van der Waals surface area (Å²) < 4.78 is 15.6. The van der Waals surface area contributed by atoms with Crippen molar-refractivity contribution in [1.29, 1.82) is 0 Å².